The van der Waals surface area contributed by atoms with Crippen molar-refractivity contribution >= 4 is 5.69 Å². The third kappa shape index (κ3) is 2.01. The summed E-state index contributed by atoms with van der Waals surface area (Å²) in [5.74, 6) is -0.401. The van der Waals surface area contributed by atoms with Crippen molar-refractivity contribution < 1.29 is 13.5 Å². The molecule has 2 nitrogen and oxygen atoms in total. The molecule has 0 unspecified atom stereocenters. The highest BCUT2D eigenvalue weighted by Crippen LogP contribution is 2.33. The first-order valence-electron chi connectivity index (χ1n) is 5.67. The summed E-state index contributed by atoms with van der Waals surface area (Å²) >= 11 is 0. The highest BCUT2D eigenvalue weighted by molar-refractivity contribution is 5.59. The Morgan fingerprint density at radius 3 is 2.56 bits per heavy atom. The molecule has 3 rings (SSSR count). The van der Waals surface area contributed by atoms with Gasteiger partial charge in [0.05, 0.1) is 11.7 Å². The van der Waals surface area contributed by atoms with Crippen molar-refractivity contribution in [2.24, 2.45) is 0 Å². The zero-order chi connectivity index (χ0) is 12.5. The van der Waals surface area contributed by atoms with E-state index in [0.717, 1.165) is 17.5 Å². The lowest BCUT2D eigenvalue weighted by Gasteiger charge is -2.27. The number of hydrogen-bond acceptors (Lipinski definition) is 2. The molecule has 0 saturated carbocycles. The lowest BCUT2D eigenvalue weighted by atomic mass is 10.1. The second-order valence-electron chi connectivity index (χ2n) is 4.21. The number of nitrogens with one attached hydrogen (secondary N) is 1. The van der Waals surface area contributed by atoms with Crippen molar-refractivity contribution in [3.63, 3.8) is 0 Å². The molecule has 1 atom stereocenters. The van der Waals surface area contributed by atoms with E-state index >= 15 is 0 Å². The minimum absolute atomic E-state index is 0.245. The third-order valence-corrected chi connectivity index (χ3v) is 2.91. The predicted octanol–water partition coefficient (Wildman–Crippen LogP) is 3.51. The van der Waals surface area contributed by atoms with Crippen molar-refractivity contribution in [1.82, 2.24) is 0 Å². The minimum Gasteiger partial charge on any atom is -0.489 e. The molecule has 1 aliphatic rings. The summed E-state index contributed by atoms with van der Waals surface area (Å²) in [4.78, 5) is 0. The van der Waals surface area contributed by atoms with Crippen LogP contribution < -0.4 is 10.1 Å². The molecule has 2 aromatic rings. The van der Waals surface area contributed by atoms with E-state index in [4.69, 9.17) is 4.74 Å². The fourth-order valence-electron chi connectivity index (χ4n) is 2.07. The monoisotopic (exact) mass is 247 g/mol. The molecule has 0 amide bonds. The molecule has 0 spiro atoms. The maximum absolute atomic E-state index is 13.2. The summed E-state index contributed by atoms with van der Waals surface area (Å²) in [6, 6.07) is 10.7. The second-order valence-corrected chi connectivity index (χ2v) is 4.21. The van der Waals surface area contributed by atoms with Gasteiger partial charge in [-0.3, -0.25) is 0 Å². The van der Waals surface area contributed by atoms with Crippen LogP contribution in [0.2, 0.25) is 0 Å². The maximum Gasteiger partial charge on any atom is 0.142 e. The highest BCUT2D eigenvalue weighted by Gasteiger charge is 2.20. The smallest absolute Gasteiger partial charge is 0.142 e. The molecule has 0 aromatic heterocycles. The quantitative estimate of drug-likeness (QED) is 0.832. The second kappa shape index (κ2) is 4.29. The van der Waals surface area contributed by atoms with Crippen LogP contribution in [0.15, 0.2) is 42.5 Å². The van der Waals surface area contributed by atoms with Gasteiger partial charge in [0.15, 0.2) is 0 Å². The SMILES string of the molecule is Fc1cc(F)cc([C@H]2COc3ccccc3N2)c1. The van der Waals surface area contributed by atoms with E-state index in [1.807, 2.05) is 24.3 Å². The van der Waals surface area contributed by atoms with Crippen molar-refractivity contribution in [2.75, 3.05) is 11.9 Å². The molecule has 18 heavy (non-hydrogen) atoms. The van der Waals surface area contributed by atoms with Crippen molar-refractivity contribution in [3.05, 3.63) is 59.7 Å². The summed E-state index contributed by atoms with van der Waals surface area (Å²) in [5.41, 5.74) is 1.38. The third-order valence-electron chi connectivity index (χ3n) is 2.91. The van der Waals surface area contributed by atoms with Gasteiger partial charge in [-0.05, 0) is 29.8 Å². The van der Waals surface area contributed by atoms with Crippen LogP contribution in [-0.2, 0) is 0 Å². The van der Waals surface area contributed by atoms with Gasteiger partial charge in [-0.25, -0.2) is 8.78 Å². The average molecular weight is 247 g/mol. The fraction of sp³-hybridized carbons (Fsp3) is 0.143. The molecule has 0 fully saturated rings. The number of fused-ring (bicyclic) bond motifs is 1. The Balaban J connectivity index is 1.91. The molecular formula is C14H11F2NO. The summed E-state index contributed by atoms with van der Waals surface area (Å²) in [7, 11) is 0. The zero-order valence-corrected chi connectivity index (χ0v) is 9.49. The number of hydrogen-bond donors (Lipinski definition) is 1. The zero-order valence-electron chi connectivity index (χ0n) is 9.49. The lowest BCUT2D eigenvalue weighted by Crippen LogP contribution is -2.24. The van der Waals surface area contributed by atoms with Gasteiger partial charge < -0.3 is 10.1 Å². The van der Waals surface area contributed by atoms with Crippen molar-refractivity contribution in [3.8, 4) is 5.75 Å². The van der Waals surface area contributed by atoms with Crippen LogP contribution in [0.5, 0.6) is 5.75 Å². The van der Waals surface area contributed by atoms with E-state index in [2.05, 4.69) is 5.32 Å². The highest BCUT2D eigenvalue weighted by atomic mass is 19.1. The molecule has 0 saturated heterocycles. The first-order chi connectivity index (χ1) is 8.72. The topological polar surface area (TPSA) is 21.3 Å². The predicted molar refractivity (Wildman–Crippen MR) is 64.7 cm³/mol. The van der Waals surface area contributed by atoms with E-state index < -0.39 is 11.6 Å². The van der Waals surface area contributed by atoms with E-state index in [0.29, 0.717) is 12.2 Å². The van der Waals surface area contributed by atoms with Gasteiger partial charge in [-0.15, -0.1) is 0 Å². The molecule has 0 aliphatic carbocycles. The van der Waals surface area contributed by atoms with Crippen LogP contribution in [0.3, 0.4) is 0 Å². The minimum atomic E-state index is -0.578. The molecule has 92 valence electrons. The normalized spacial score (nSPS) is 17.6. The summed E-state index contributed by atoms with van der Waals surface area (Å²) in [5, 5.41) is 3.21. The standard InChI is InChI=1S/C14H11F2NO/c15-10-5-9(6-11(16)7-10)13-8-18-14-4-2-1-3-12(14)17-13/h1-7,13,17H,8H2/t13-/m1/s1. The van der Waals surface area contributed by atoms with Gasteiger partial charge in [0.2, 0.25) is 0 Å². The molecule has 4 heteroatoms. The van der Waals surface area contributed by atoms with Crippen LogP contribution in [0.25, 0.3) is 0 Å². The van der Waals surface area contributed by atoms with Crippen molar-refractivity contribution in [2.45, 2.75) is 6.04 Å². The molecule has 2 aromatic carbocycles. The Hall–Kier alpha value is -2.10. The molecule has 1 aliphatic heterocycles. The molecule has 1 heterocycles. The van der Waals surface area contributed by atoms with Gasteiger partial charge >= 0.3 is 0 Å². The Morgan fingerprint density at radius 2 is 1.78 bits per heavy atom. The van der Waals surface area contributed by atoms with Gasteiger partial charge in [0, 0.05) is 6.07 Å². The first-order valence-corrected chi connectivity index (χ1v) is 5.67. The molecule has 1 N–H and O–H groups in total. The Labute approximate surface area is 103 Å². The lowest BCUT2D eigenvalue weighted by molar-refractivity contribution is 0.286. The molecule has 0 radical (unpaired) electrons. The van der Waals surface area contributed by atoms with E-state index in [1.165, 1.54) is 12.1 Å². The van der Waals surface area contributed by atoms with Crippen LogP contribution in [0.1, 0.15) is 11.6 Å². The van der Waals surface area contributed by atoms with E-state index in [1.54, 1.807) is 0 Å². The Morgan fingerprint density at radius 1 is 1.06 bits per heavy atom. The fourth-order valence-corrected chi connectivity index (χ4v) is 2.07. The largest absolute Gasteiger partial charge is 0.489 e. The number of rotatable bonds is 1. The molecular weight excluding hydrogens is 236 g/mol. The Kier molecular flexibility index (Phi) is 2.63. The number of ether oxygens (including phenoxy) is 1. The van der Waals surface area contributed by atoms with Crippen LogP contribution in [0, 0.1) is 11.6 Å². The first kappa shape index (κ1) is 11.0. The van der Waals surface area contributed by atoms with E-state index in [9.17, 15) is 8.78 Å². The van der Waals surface area contributed by atoms with Gasteiger partial charge in [-0.2, -0.15) is 0 Å². The number of anilines is 1. The van der Waals surface area contributed by atoms with Gasteiger partial charge in [0.1, 0.15) is 24.0 Å². The Bertz CT molecular complexity index is 566. The van der Waals surface area contributed by atoms with Crippen LogP contribution >= 0.6 is 0 Å². The number of halogens is 2. The summed E-state index contributed by atoms with van der Waals surface area (Å²) in [6.45, 7) is 0.347. The number of para-hydroxylation sites is 2. The van der Waals surface area contributed by atoms with Crippen LogP contribution in [-0.4, -0.2) is 6.61 Å². The van der Waals surface area contributed by atoms with Gasteiger partial charge in [-0.1, -0.05) is 12.1 Å². The van der Waals surface area contributed by atoms with Crippen molar-refractivity contribution in [1.29, 1.82) is 0 Å². The summed E-state index contributed by atoms with van der Waals surface area (Å²) in [6.07, 6.45) is 0. The average Bonchev–Trinajstić information content (AvgIpc) is 2.37. The number of benzene rings is 2. The summed E-state index contributed by atoms with van der Waals surface area (Å²) < 4.78 is 31.9. The molecule has 0 bridgehead atoms. The van der Waals surface area contributed by atoms with Gasteiger partial charge in [0.25, 0.3) is 0 Å². The van der Waals surface area contributed by atoms with Crippen LogP contribution in [0.4, 0.5) is 14.5 Å². The van der Waals surface area contributed by atoms with E-state index in [-0.39, 0.29) is 6.04 Å². The maximum atomic E-state index is 13.2.